The maximum Gasteiger partial charge on any atom is 0.260 e. The molecular weight excluding hydrogens is 496 g/mol. The summed E-state index contributed by atoms with van der Waals surface area (Å²) in [5.74, 6) is -2.25. The summed E-state index contributed by atoms with van der Waals surface area (Å²) in [5, 5.41) is 11.6. The Morgan fingerprint density at radius 1 is 1.14 bits per heavy atom. The van der Waals surface area contributed by atoms with E-state index in [-0.39, 0.29) is 35.9 Å². The molecule has 0 amide bonds. The Bertz CT molecular complexity index is 1420. The van der Waals surface area contributed by atoms with Crippen LogP contribution in [0.2, 0.25) is 0 Å². The van der Waals surface area contributed by atoms with Gasteiger partial charge in [-0.2, -0.15) is 4.98 Å². The van der Waals surface area contributed by atoms with Gasteiger partial charge in [-0.1, -0.05) is 5.21 Å². The minimum absolute atomic E-state index is 0.0421. The lowest BCUT2D eigenvalue weighted by atomic mass is 9.93. The van der Waals surface area contributed by atoms with Gasteiger partial charge < -0.3 is 16.2 Å². The van der Waals surface area contributed by atoms with Crippen molar-refractivity contribution in [2.24, 2.45) is 0 Å². The molecule has 4 aromatic rings. The molecule has 2 aliphatic rings. The fourth-order valence-electron chi connectivity index (χ4n) is 4.54. The van der Waals surface area contributed by atoms with Crippen molar-refractivity contribution < 1.29 is 22.3 Å². The first-order valence-electron chi connectivity index (χ1n) is 11.6. The number of halogens is 4. The van der Waals surface area contributed by atoms with Crippen LogP contribution < -0.4 is 11.5 Å². The van der Waals surface area contributed by atoms with Crippen molar-refractivity contribution in [1.82, 2.24) is 39.5 Å². The number of nitrogens with zero attached hydrogens (tertiary/aromatic N) is 8. The SMILES string of the molecule is CC1(N2CCCC(F)(F)C2)COC1.Nc1nc(N)c2c(-c3ccc4nnn(CC(F)F)c4n3)ccn2n1. The number of fused-ring (bicyclic) bond motifs is 2. The quantitative estimate of drug-likeness (QED) is 0.387. The van der Waals surface area contributed by atoms with Crippen LogP contribution in [0.3, 0.4) is 0 Å². The Morgan fingerprint density at radius 3 is 2.59 bits per heavy atom. The maximum atomic E-state index is 13.1. The lowest BCUT2D eigenvalue weighted by Crippen LogP contribution is -2.63. The van der Waals surface area contributed by atoms with E-state index in [9.17, 15) is 17.6 Å². The predicted octanol–water partition coefficient (Wildman–Crippen LogP) is 2.47. The van der Waals surface area contributed by atoms with E-state index in [1.165, 1.54) is 4.52 Å². The first kappa shape index (κ1) is 25.1. The van der Waals surface area contributed by atoms with Crippen molar-refractivity contribution in [3.05, 3.63) is 24.4 Å². The van der Waals surface area contributed by atoms with Gasteiger partial charge in [-0.25, -0.2) is 31.7 Å². The van der Waals surface area contributed by atoms with Gasteiger partial charge in [0.1, 0.15) is 17.6 Å². The van der Waals surface area contributed by atoms with Gasteiger partial charge in [0.25, 0.3) is 12.3 Å². The Morgan fingerprint density at radius 2 is 1.92 bits per heavy atom. The lowest BCUT2D eigenvalue weighted by Gasteiger charge is -2.50. The van der Waals surface area contributed by atoms with Crippen molar-refractivity contribution >= 4 is 28.4 Å². The monoisotopic (exact) mass is 522 g/mol. The van der Waals surface area contributed by atoms with Crippen molar-refractivity contribution in [2.75, 3.05) is 37.8 Å². The number of nitrogen functional groups attached to an aromatic ring is 2. The van der Waals surface area contributed by atoms with Crippen LogP contribution in [0.15, 0.2) is 24.4 Å². The van der Waals surface area contributed by atoms with E-state index in [0.29, 0.717) is 41.9 Å². The number of anilines is 2. The smallest absolute Gasteiger partial charge is 0.260 e. The molecule has 11 nitrogen and oxygen atoms in total. The van der Waals surface area contributed by atoms with E-state index in [4.69, 9.17) is 16.2 Å². The van der Waals surface area contributed by atoms with Gasteiger partial charge in [0, 0.05) is 18.2 Å². The molecular formula is C22H26F4N10O. The van der Waals surface area contributed by atoms with Gasteiger partial charge in [-0.3, -0.25) is 4.90 Å². The van der Waals surface area contributed by atoms with Crippen molar-refractivity contribution in [1.29, 1.82) is 0 Å². The Kier molecular flexibility index (Phi) is 6.35. The Labute approximate surface area is 208 Å². The molecule has 0 atom stereocenters. The standard InChI is InChI=1S/C13H11F2N9.C9H15F2NO/c14-9(15)5-24-12-8(20-22-24)2-1-7(18-12)6-3-4-23-10(6)11(16)19-13(17)21-23;1-8(6-13-7-8)12-4-2-3-9(10,11)5-12/h1-4,9H,5H2,(H4,16,17,19,21);2-7H2,1H3. The second kappa shape index (κ2) is 9.37. The number of hydrogen-bond donors (Lipinski definition) is 2. The molecule has 2 fully saturated rings. The van der Waals surface area contributed by atoms with Gasteiger partial charge >= 0.3 is 0 Å². The summed E-state index contributed by atoms with van der Waals surface area (Å²) in [7, 11) is 0. The van der Waals surface area contributed by atoms with E-state index in [2.05, 4.69) is 25.4 Å². The van der Waals surface area contributed by atoms with Crippen LogP contribution in [-0.2, 0) is 11.3 Å². The van der Waals surface area contributed by atoms with E-state index >= 15 is 0 Å². The summed E-state index contributed by atoms with van der Waals surface area (Å²) in [6, 6.07) is 5.11. The molecule has 4 N–H and O–H groups in total. The molecule has 0 bridgehead atoms. The van der Waals surface area contributed by atoms with Crippen molar-refractivity contribution in [3.8, 4) is 11.3 Å². The van der Waals surface area contributed by atoms with Crippen LogP contribution in [-0.4, -0.2) is 83.7 Å². The summed E-state index contributed by atoms with van der Waals surface area (Å²) in [5.41, 5.74) is 13.8. The summed E-state index contributed by atoms with van der Waals surface area (Å²) >= 11 is 0. The molecule has 15 heteroatoms. The molecule has 2 aliphatic heterocycles. The number of likely N-dealkylation sites (tertiary alicyclic amines) is 1. The molecule has 0 spiro atoms. The Balaban J connectivity index is 0.000000182. The number of rotatable bonds is 4. The number of nitrogens with two attached hydrogens (primary N) is 2. The zero-order valence-corrected chi connectivity index (χ0v) is 20.0. The molecule has 6 rings (SSSR count). The highest BCUT2D eigenvalue weighted by Gasteiger charge is 2.46. The molecule has 2 saturated heterocycles. The molecule has 37 heavy (non-hydrogen) atoms. The van der Waals surface area contributed by atoms with Crippen LogP contribution in [0.25, 0.3) is 27.9 Å². The topological polar surface area (TPSA) is 138 Å². The van der Waals surface area contributed by atoms with Gasteiger partial charge in [0.2, 0.25) is 5.95 Å². The van der Waals surface area contributed by atoms with E-state index in [1.54, 1.807) is 24.4 Å². The number of piperidine rings is 1. The molecule has 0 aliphatic carbocycles. The van der Waals surface area contributed by atoms with Crippen LogP contribution in [0.1, 0.15) is 19.8 Å². The average molecular weight is 523 g/mol. The largest absolute Gasteiger partial charge is 0.382 e. The van der Waals surface area contributed by atoms with Gasteiger partial charge in [-0.05, 0) is 38.1 Å². The van der Waals surface area contributed by atoms with Crippen molar-refractivity contribution in [3.63, 3.8) is 0 Å². The van der Waals surface area contributed by atoms with Crippen LogP contribution >= 0.6 is 0 Å². The summed E-state index contributed by atoms with van der Waals surface area (Å²) in [4.78, 5) is 10.2. The zero-order valence-electron chi connectivity index (χ0n) is 20.0. The molecule has 4 aromatic heterocycles. The summed E-state index contributed by atoms with van der Waals surface area (Å²) in [6.07, 6.45) is -0.245. The highest BCUT2D eigenvalue weighted by Crippen LogP contribution is 2.34. The minimum atomic E-state index is -2.55. The zero-order chi connectivity index (χ0) is 26.4. The average Bonchev–Trinajstić information content (AvgIpc) is 3.41. The Hall–Kier alpha value is -3.59. The first-order chi connectivity index (χ1) is 17.5. The molecule has 0 radical (unpaired) electrons. The van der Waals surface area contributed by atoms with E-state index in [1.807, 2.05) is 11.8 Å². The number of pyridine rings is 1. The van der Waals surface area contributed by atoms with Crippen molar-refractivity contribution in [2.45, 2.75) is 44.2 Å². The van der Waals surface area contributed by atoms with Gasteiger partial charge in [0.15, 0.2) is 11.5 Å². The summed E-state index contributed by atoms with van der Waals surface area (Å²) < 4.78 is 59.0. The molecule has 0 unspecified atom stereocenters. The third-order valence-electron chi connectivity index (χ3n) is 6.48. The molecule has 198 valence electrons. The third-order valence-corrected chi connectivity index (χ3v) is 6.48. The highest BCUT2D eigenvalue weighted by atomic mass is 19.3. The van der Waals surface area contributed by atoms with Crippen LogP contribution in [0.4, 0.5) is 29.3 Å². The second-order valence-electron chi connectivity index (χ2n) is 9.45. The normalized spacial score (nSPS) is 19.1. The van der Waals surface area contributed by atoms with Crippen LogP contribution in [0.5, 0.6) is 0 Å². The second-order valence-corrected chi connectivity index (χ2v) is 9.45. The fraction of sp³-hybridized carbons (Fsp3) is 0.500. The first-order valence-corrected chi connectivity index (χ1v) is 11.6. The number of ether oxygens (including phenoxy) is 1. The molecule has 0 saturated carbocycles. The lowest BCUT2D eigenvalue weighted by molar-refractivity contribution is -0.171. The predicted molar refractivity (Wildman–Crippen MR) is 127 cm³/mol. The molecule has 0 aromatic carbocycles. The minimum Gasteiger partial charge on any atom is -0.382 e. The van der Waals surface area contributed by atoms with E-state index in [0.717, 1.165) is 11.2 Å². The maximum absolute atomic E-state index is 13.1. The number of aromatic nitrogens is 7. The highest BCUT2D eigenvalue weighted by molar-refractivity contribution is 5.88. The number of alkyl halides is 4. The van der Waals surface area contributed by atoms with Gasteiger partial charge in [-0.15, -0.1) is 10.2 Å². The van der Waals surface area contributed by atoms with Crippen LogP contribution in [0, 0.1) is 0 Å². The van der Waals surface area contributed by atoms with Gasteiger partial charge in [0.05, 0.1) is 31.0 Å². The fourth-order valence-corrected chi connectivity index (χ4v) is 4.54. The number of hydrogen-bond acceptors (Lipinski definition) is 9. The third kappa shape index (κ3) is 5.00. The molecule has 6 heterocycles. The van der Waals surface area contributed by atoms with E-state index < -0.39 is 18.9 Å². The summed E-state index contributed by atoms with van der Waals surface area (Å²) in [6.45, 7) is 3.32.